The van der Waals surface area contributed by atoms with E-state index in [4.69, 9.17) is 0 Å². The molecule has 27 heavy (non-hydrogen) atoms. The first-order valence-corrected chi connectivity index (χ1v) is 11.7. The van der Waals surface area contributed by atoms with E-state index in [-0.39, 0.29) is 5.39 Å². The molecule has 2 aromatic carbocycles. The summed E-state index contributed by atoms with van der Waals surface area (Å²) in [6.45, 7) is 0. The molecule has 0 radical (unpaired) electrons. The number of hydrogen-bond acceptors (Lipinski definition) is 5. The first-order valence-electron chi connectivity index (χ1n) is 6.43. The van der Waals surface area contributed by atoms with E-state index in [1.54, 1.807) is 4.93 Å². The van der Waals surface area contributed by atoms with Crippen molar-refractivity contribution < 1.29 is 63.8 Å². The van der Waals surface area contributed by atoms with E-state index in [9.17, 15) is 34.3 Å². The van der Waals surface area contributed by atoms with Crippen LogP contribution in [-0.4, -0.2) is 18.9 Å². The maximum absolute atomic E-state index is 14.2. The van der Waals surface area contributed by atoms with E-state index in [1.807, 2.05) is 0 Å². The summed E-state index contributed by atoms with van der Waals surface area (Å²) in [5.74, 6) is -2.14. The van der Waals surface area contributed by atoms with Crippen molar-refractivity contribution in [1.82, 2.24) is 0 Å². The number of benzene rings is 2. The summed E-state index contributed by atoms with van der Waals surface area (Å²) in [5.41, 5.74) is -6.47. The standard InChI is InChI=1S/C14H6F6IO4S2/c1-21-3-2-9-12-7(5-10(15)13(9)16)4-8(24-26-20)6-11(12)25-27(22,23)14(17,18)19/h4-6H,1H3/q-1. The minimum atomic E-state index is -6.15. The molecule has 148 valence electrons. The first kappa shape index (κ1) is 21.8. The van der Waals surface area contributed by atoms with E-state index in [2.05, 4.69) is 18.2 Å². The number of rotatable bonds is 4. The quantitative estimate of drug-likeness (QED) is 0.111. The minimum absolute atomic E-state index is 0.300. The number of fused-ring (bicyclic) bond motifs is 1. The fourth-order valence-corrected chi connectivity index (χ4v) is 3.12. The average Bonchev–Trinajstić information content (AvgIpc) is 2.54. The van der Waals surface area contributed by atoms with E-state index in [0.29, 0.717) is 12.1 Å². The molecule has 0 bridgehead atoms. The molecule has 0 aromatic heterocycles. The Bertz CT molecular complexity index is 1040. The normalized spacial score (nSPS) is 12.0. The van der Waals surface area contributed by atoms with Gasteiger partial charge < -0.3 is 0 Å². The van der Waals surface area contributed by atoms with Crippen LogP contribution in [0, 0.1) is 21.5 Å². The van der Waals surface area contributed by atoms with Gasteiger partial charge in [0.15, 0.2) is 0 Å². The Balaban J connectivity index is 2.88. The monoisotopic (exact) mass is 543 g/mol. The summed E-state index contributed by atoms with van der Waals surface area (Å²) in [7, 11) is -6.15. The fourth-order valence-electron chi connectivity index (χ4n) is 1.95. The molecule has 0 aliphatic heterocycles. The molecule has 2 rings (SSSR count). The summed E-state index contributed by atoms with van der Waals surface area (Å²) in [6.07, 6.45) is 0. The van der Waals surface area contributed by atoms with E-state index >= 15 is 0 Å². The number of hydrogen-bond donors (Lipinski definition) is 0. The van der Waals surface area contributed by atoms with Gasteiger partial charge in [-0.3, -0.25) is 0 Å². The third-order valence-electron chi connectivity index (χ3n) is 2.95. The van der Waals surface area contributed by atoms with Gasteiger partial charge in [-0.2, -0.15) is 0 Å². The van der Waals surface area contributed by atoms with Crippen LogP contribution < -0.4 is 29.6 Å². The molecule has 0 aliphatic carbocycles. The van der Waals surface area contributed by atoms with Gasteiger partial charge in [0.1, 0.15) is 0 Å². The topological polar surface area (TPSA) is 52.6 Å². The zero-order valence-corrected chi connectivity index (χ0v) is 16.6. The average molecular weight is 543 g/mol. The number of alkyl halides is 4. The van der Waals surface area contributed by atoms with E-state index in [0.717, 1.165) is 6.07 Å². The van der Waals surface area contributed by atoms with Gasteiger partial charge in [0.2, 0.25) is 0 Å². The van der Waals surface area contributed by atoms with Crippen molar-refractivity contribution in [2.24, 2.45) is 0 Å². The van der Waals surface area contributed by atoms with Crippen LogP contribution in [0.3, 0.4) is 0 Å². The summed E-state index contributed by atoms with van der Waals surface area (Å²) >= 11 is -1.43. The first-order chi connectivity index (χ1) is 12.5. The fraction of sp³-hybridized carbons (Fsp3) is 0.143. The van der Waals surface area contributed by atoms with Crippen LogP contribution in [0.4, 0.5) is 25.8 Å². The third-order valence-corrected chi connectivity index (χ3v) is 4.98. The third kappa shape index (κ3) is 4.66. The van der Waals surface area contributed by atoms with Crippen molar-refractivity contribution in [1.29, 1.82) is 0 Å². The van der Waals surface area contributed by atoms with Gasteiger partial charge in [0.05, 0.1) is 0 Å². The molecule has 2 aromatic rings. The molecular weight excluding hydrogens is 537 g/mol. The van der Waals surface area contributed by atoms with Gasteiger partial charge in [-0.05, 0) is 0 Å². The molecule has 13 heteroatoms. The predicted molar refractivity (Wildman–Crippen MR) is 81.6 cm³/mol. The molecule has 0 atom stereocenters. The van der Waals surface area contributed by atoms with Crippen LogP contribution in [-0.2, 0) is 10.1 Å². The second-order valence-corrected chi connectivity index (χ2v) is 8.05. The Morgan fingerprint density at radius 3 is 2.41 bits per heavy atom. The van der Waals surface area contributed by atoms with E-state index < -0.39 is 83.3 Å². The molecule has 0 spiro atoms. The van der Waals surface area contributed by atoms with Crippen LogP contribution >= 0.6 is 12.4 Å². The van der Waals surface area contributed by atoms with Crippen molar-refractivity contribution >= 4 is 33.3 Å². The summed E-state index contributed by atoms with van der Waals surface area (Å²) in [6, 6.07) is 2.13. The van der Waals surface area contributed by atoms with Crippen LogP contribution in [0.5, 0.6) is 11.5 Å². The van der Waals surface area contributed by atoms with Gasteiger partial charge in [-0.15, -0.1) is 0 Å². The summed E-state index contributed by atoms with van der Waals surface area (Å²) < 4.78 is 112. The Hall–Kier alpha value is -1.53. The Labute approximate surface area is 164 Å². The summed E-state index contributed by atoms with van der Waals surface area (Å²) in [5, 5.41) is -0.825. The maximum atomic E-state index is 14.2. The van der Waals surface area contributed by atoms with E-state index in [1.165, 1.54) is 0 Å². The molecule has 4 nitrogen and oxygen atoms in total. The summed E-state index contributed by atoms with van der Waals surface area (Å²) in [4.78, 5) is 1.68. The molecule has 0 heterocycles. The second-order valence-electron chi connectivity index (χ2n) is 4.60. The molecular formula is C14H6F6IO4S2-. The Morgan fingerprint density at radius 1 is 1.19 bits per heavy atom. The van der Waals surface area contributed by atoms with Crippen LogP contribution in [0.1, 0.15) is 5.56 Å². The molecule has 0 saturated heterocycles. The molecule has 0 saturated carbocycles. The van der Waals surface area contributed by atoms with Gasteiger partial charge in [0.25, 0.3) is 0 Å². The molecule has 0 amide bonds. The molecule has 0 N–H and O–H groups in total. The van der Waals surface area contributed by atoms with Crippen molar-refractivity contribution in [3.63, 3.8) is 0 Å². The SMILES string of the molecule is C[I-]C#Cc1c(F)c(F)cc2cc(OSF)cc(OS(=O)(=O)C(F)(F)F)c12. The molecule has 0 fully saturated rings. The Morgan fingerprint density at radius 2 is 1.85 bits per heavy atom. The van der Waals surface area contributed by atoms with Crippen LogP contribution in [0.2, 0.25) is 0 Å². The van der Waals surface area contributed by atoms with Crippen LogP contribution in [0.15, 0.2) is 18.2 Å². The zero-order valence-electron chi connectivity index (χ0n) is 12.8. The van der Waals surface area contributed by atoms with Gasteiger partial charge >= 0.3 is 164 Å². The molecule has 0 unspecified atom stereocenters. The van der Waals surface area contributed by atoms with Crippen molar-refractivity contribution in [3.05, 3.63) is 35.4 Å². The van der Waals surface area contributed by atoms with Gasteiger partial charge in [-0.1, -0.05) is 0 Å². The second kappa shape index (κ2) is 8.23. The van der Waals surface area contributed by atoms with Crippen molar-refractivity contribution in [3.8, 4) is 21.3 Å². The van der Waals surface area contributed by atoms with Gasteiger partial charge in [-0.25, -0.2) is 0 Å². The number of halogens is 7. The predicted octanol–water partition coefficient (Wildman–Crippen LogP) is 1.29. The van der Waals surface area contributed by atoms with Crippen molar-refractivity contribution in [2.75, 3.05) is 4.93 Å². The van der Waals surface area contributed by atoms with Gasteiger partial charge in [0, 0.05) is 0 Å². The molecule has 0 aliphatic rings. The van der Waals surface area contributed by atoms with Crippen LogP contribution in [0.25, 0.3) is 10.8 Å². The zero-order chi connectivity index (χ0) is 20.4. The van der Waals surface area contributed by atoms with Crippen molar-refractivity contribution in [2.45, 2.75) is 5.51 Å². The Kier molecular flexibility index (Phi) is 6.63.